The van der Waals surface area contributed by atoms with E-state index in [1.807, 2.05) is 0 Å². The van der Waals surface area contributed by atoms with Gasteiger partial charge >= 0.3 is 11.9 Å². The summed E-state index contributed by atoms with van der Waals surface area (Å²) in [5.74, 6) is 2.74. The summed E-state index contributed by atoms with van der Waals surface area (Å²) in [5, 5.41) is 70.8. The van der Waals surface area contributed by atoms with Crippen LogP contribution in [0.4, 0.5) is 0 Å². The summed E-state index contributed by atoms with van der Waals surface area (Å²) in [4.78, 5) is 19.9. The lowest BCUT2D eigenvalue weighted by Gasteiger charge is -2.25. The SMILES string of the molecule is NC1CCN1.NC1CNC1.NCC1CCN1.NCC1CNC1.O=C(O)C1CCN1.O=C(O)C1CNC1.OCC1CCN1.OCC1CNC1.SC1CCN1.SC1CNC1.SCC1CCN1.SCC1CNC1. The summed E-state index contributed by atoms with van der Waals surface area (Å²) in [6, 6.07) is 2.00. The topological polar surface area (TPSA) is 363 Å². The first-order valence-electron chi connectivity index (χ1n) is 25.6. The van der Waals surface area contributed by atoms with Crippen molar-refractivity contribution >= 4 is 62.5 Å². The molecule has 6 atom stereocenters. The van der Waals surface area contributed by atoms with Crippen molar-refractivity contribution in [2.45, 2.75) is 85.5 Å². The minimum absolute atomic E-state index is 0.111. The number of nitrogens with one attached hydrogen (secondary N) is 12. The zero-order valence-electron chi connectivity index (χ0n) is 41.8. The molecule has 12 rings (SSSR count). The molecule has 416 valence electrons. The Morgan fingerprint density at radius 2 is 0.843 bits per heavy atom. The molecule has 12 saturated heterocycles. The van der Waals surface area contributed by atoms with E-state index >= 15 is 0 Å². The van der Waals surface area contributed by atoms with Gasteiger partial charge in [-0.15, -0.1) is 0 Å². The van der Waals surface area contributed by atoms with Crippen molar-refractivity contribution in [1.82, 2.24) is 63.8 Å². The van der Waals surface area contributed by atoms with Gasteiger partial charge in [-0.3, -0.25) is 9.59 Å². The molecule has 0 aromatic carbocycles. The summed E-state index contributed by atoms with van der Waals surface area (Å²) in [6.45, 7) is 21.1. The van der Waals surface area contributed by atoms with E-state index in [0.717, 1.165) is 140 Å². The van der Waals surface area contributed by atoms with E-state index in [2.05, 4.69) is 114 Å². The van der Waals surface area contributed by atoms with Crippen LogP contribution >= 0.6 is 50.5 Å². The molecule has 0 aromatic rings. The quantitative estimate of drug-likeness (QED) is 0.101. The molecule has 0 aromatic heterocycles. The molecule has 6 unspecified atom stereocenters. The zero-order valence-corrected chi connectivity index (χ0v) is 45.4. The van der Waals surface area contributed by atoms with Gasteiger partial charge in [-0.05, 0) is 115 Å². The number of aliphatic hydroxyl groups excluding tert-OH is 2. The van der Waals surface area contributed by atoms with Crippen LogP contribution in [0.3, 0.4) is 0 Å². The Hall–Kier alpha value is -0.380. The van der Waals surface area contributed by atoms with Crippen molar-refractivity contribution in [1.29, 1.82) is 0 Å². The highest BCUT2D eigenvalue weighted by molar-refractivity contribution is 7.81. The number of hydrogen-bond donors (Lipinski definition) is 24. The Kier molecular flexibility index (Phi) is 43.4. The number of aliphatic carboxylic acids is 2. The summed E-state index contributed by atoms with van der Waals surface area (Å²) in [7, 11) is 0. The van der Waals surface area contributed by atoms with Crippen LogP contribution in [-0.2, 0) is 9.59 Å². The van der Waals surface area contributed by atoms with Crippen molar-refractivity contribution in [3.8, 4) is 0 Å². The molecule has 12 aliphatic rings. The van der Waals surface area contributed by atoms with E-state index in [1.54, 1.807) is 0 Å². The van der Waals surface area contributed by atoms with Crippen LogP contribution in [0, 0.1) is 23.7 Å². The molecule has 12 heterocycles. The third kappa shape index (κ3) is 35.8. The molecule has 0 aliphatic carbocycles. The molecule has 12 fully saturated rings. The fourth-order valence-corrected chi connectivity index (χ4v) is 6.25. The van der Waals surface area contributed by atoms with E-state index in [9.17, 15) is 9.59 Å². The van der Waals surface area contributed by atoms with Gasteiger partial charge in [-0.2, -0.15) is 50.5 Å². The van der Waals surface area contributed by atoms with Gasteiger partial charge in [0.2, 0.25) is 0 Å². The molecule has 0 amide bonds. The second kappa shape index (κ2) is 44.9. The molecule has 0 saturated carbocycles. The van der Waals surface area contributed by atoms with E-state index < -0.39 is 11.9 Å². The van der Waals surface area contributed by atoms with E-state index in [-0.39, 0.29) is 12.0 Å². The average molecular weight is 1080 g/mol. The van der Waals surface area contributed by atoms with Crippen LogP contribution in [0.1, 0.15) is 38.5 Å². The zero-order chi connectivity index (χ0) is 51.8. The highest BCUT2D eigenvalue weighted by atomic mass is 32.1. The number of carbonyl (C=O) groups is 2. The van der Waals surface area contributed by atoms with E-state index in [1.165, 1.54) is 45.4 Å². The van der Waals surface area contributed by atoms with Crippen LogP contribution < -0.4 is 86.7 Å². The Bertz CT molecular complexity index is 1020. The van der Waals surface area contributed by atoms with Crippen LogP contribution in [-0.4, -0.2) is 235 Å². The van der Waals surface area contributed by atoms with E-state index in [4.69, 9.17) is 43.4 Å². The normalized spacial score (nSPS) is 28.3. The third-order valence-corrected chi connectivity index (χ3v) is 14.2. The third-order valence-electron chi connectivity index (χ3n) is 12.4. The van der Waals surface area contributed by atoms with Gasteiger partial charge in [-0.1, -0.05) is 0 Å². The fraction of sp³-hybridized carbons (Fsp3) is 0.955. The van der Waals surface area contributed by atoms with Gasteiger partial charge in [0.05, 0.1) is 24.1 Å². The van der Waals surface area contributed by atoms with Crippen molar-refractivity contribution in [2.24, 2.45) is 46.6 Å². The molecule has 22 nitrogen and oxygen atoms in total. The van der Waals surface area contributed by atoms with Gasteiger partial charge in [0.25, 0.3) is 0 Å². The molecule has 70 heavy (non-hydrogen) atoms. The maximum absolute atomic E-state index is 9.94. The summed E-state index contributed by atoms with van der Waals surface area (Å²) < 4.78 is 0. The van der Waals surface area contributed by atoms with Crippen molar-refractivity contribution in [3.63, 3.8) is 0 Å². The van der Waals surface area contributed by atoms with Gasteiger partial charge in [0.15, 0.2) is 0 Å². The Balaban J connectivity index is 0.000000382. The molecule has 0 spiro atoms. The Morgan fingerprint density at radius 1 is 0.471 bits per heavy atom. The molecular weight excluding hydrogens is 977 g/mol. The van der Waals surface area contributed by atoms with Crippen molar-refractivity contribution < 1.29 is 30.0 Å². The highest BCUT2D eigenvalue weighted by Crippen LogP contribution is 2.05. The van der Waals surface area contributed by atoms with Crippen molar-refractivity contribution in [2.75, 3.05) is 156 Å². The number of hydrogen-bond acceptors (Lipinski definition) is 24. The molecule has 26 heteroatoms. The van der Waals surface area contributed by atoms with Crippen LogP contribution in [0.5, 0.6) is 0 Å². The van der Waals surface area contributed by atoms with Gasteiger partial charge in [-0.25, -0.2) is 0 Å². The fourth-order valence-electron chi connectivity index (χ4n) is 5.16. The summed E-state index contributed by atoms with van der Waals surface area (Å²) in [6.07, 6.45) is 7.24. The average Bonchev–Trinajstić information content (AvgIpc) is 3.13. The lowest BCUT2D eigenvalue weighted by Crippen LogP contribution is -2.52. The van der Waals surface area contributed by atoms with Crippen molar-refractivity contribution in [3.05, 3.63) is 0 Å². The predicted molar refractivity (Wildman–Crippen MR) is 299 cm³/mol. The second-order valence-corrected chi connectivity index (χ2v) is 20.8. The number of nitrogens with two attached hydrogens (primary N) is 4. The first-order valence-corrected chi connectivity index (χ1v) is 27.9. The van der Waals surface area contributed by atoms with Gasteiger partial charge in [0.1, 0.15) is 6.04 Å². The summed E-state index contributed by atoms with van der Waals surface area (Å²) >= 11 is 16.4. The Labute approximate surface area is 442 Å². The predicted octanol–water partition coefficient (Wildman–Crippen LogP) is -5.55. The first-order chi connectivity index (χ1) is 33.8. The monoisotopic (exact) mass is 1080 g/mol. The van der Waals surface area contributed by atoms with Crippen LogP contribution in [0.15, 0.2) is 0 Å². The standard InChI is InChI=1S/2C4H10N2.2C4H7NO2.2C4H9NO.2C4H9NS.2C3H8N2.2C3H7NS/c5-1-4-2-6-3-4;5-3-4-1-2-6-4;6-4(7)3-1-5-2-3;6-4(7)3-1-2-5-3;6-3-4-1-5-2-4;6-3-4-1-2-5-4;6-3-4-1-5-2-4;6-3-4-1-2-5-4;4-3-1-5-2-3;4-3-1-2-5-3;5-3-1-4-2-3;5-3-1-2-4-3/h2*4,6H,1-3,5H2;2*3,5H,1-2H2,(H,6,7);4*4-6H,1-3H2;2*3,5H,1-2,4H2;2*3-5H,1-2H2. The lowest BCUT2D eigenvalue weighted by molar-refractivity contribution is -0.143. The second-order valence-electron chi connectivity index (χ2n) is 18.8. The van der Waals surface area contributed by atoms with E-state index in [0.29, 0.717) is 67.1 Å². The minimum atomic E-state index is -0.730. The molecule has 12 aliphatic heterocycles. The lowest BCUT2D eigenvalue weighted by atomic mass is 10.1. The van der Waals surface area contributed by atoms with Gasteiger partial charge in [0, 0.05) is 120 Å². The molecule has 0 radical (unpaired) electrons. The number of carboxylic acid groups (broad SMARTS) is 2. The number of thiol groups is 4. The molecule has 0 bridgehead atoms. The van der Waals surface area contributed by atoms with Crippen LogP contribution in [0.25, 0.3) is 0 Å². The Morgan fingerprint density at radius 3 is 0.843 bits per heavy atom. The molecule has 24 N–H and O–H groups in total. The first kappa shape index (κ1) is 67.6. The smallest absolute Gasteiger partial charge is 0.320 e. The van der Waals surface area contributed by atoms with Crippen LogP contribution in [0.2, 0.25) is 0 Å². The summed E-state index contributed by atoms with van der Waals surface area (Å²) in [5.41, 5.74) is 21.1. The largest absolute Gasteiger partial charge is 0.481 e. The minimum Gasteiger partial charge on any atom is -0.481 e. The number of carboxylic acids is 2. The van der Waals surface area contributed by atoms with Gasteiger partial charge < -0.3 is 107 Å². The maximum atomic E-state index is 9.94. The highest BCUT2D eigenvalue weighted by Gasteiger charge is 2.24. The number of rotatable bonds is 8. The molecular formula is C44H100N16O6S4. The number of aliphatic hydroxyl groups is 2. The maximum Gasteiger partial charge on any atom is 0.320 e.